The molecule has 0 saturated carbocycles. The number of unbranched alkanes of at least 4 members (excludes halogenated alkanes) is 4. The van der Waals surface area contributed by atoms with Gasteiger partial charge in [-0.2, -0.15) is 0 Å². The van der Waals surface area contributed by atoms with Gasteiger partial charge in [-0.15, -0.1) is 0 Å². The van der Waals surface area contributed by atoms with E-state index < -0.39 is 8.03 Å². The normalized spacial score (nSPS) is 13.4. The highest BCUT2D eigenvalue weighted by Crippen LogP contribution is 2.15. The van der Waals surface area contributed by atoms with Crippen molar-refractivity contribution in [1.29, 1.82) is 0 Å². The van der Waals surface area contributed by atoms with Crippen LogP contribution in [0.5, 0.6) is 0 Å². The molecular weight excluding hydrogens is 147 g/mol. The van der Waals surface area contributed by atoms with Crippen molar-refractivity contribution in [3.63, 3.8) is 0 Å². The Morgan fingerprint density at radius 1 is 1.50 bits per heavy atom. The molecule has 0 aliphatic carbocycles. The number of hydrogen-bond acceptors (Lipinski definition) is 1. The molecule has 1 N–H and O–H groups in total. The van der Waals surface area contributed by atoms with Crippen LogP contribution in [-0.2, 0) is 4.57 Å². The Kier molecular flexibility index (Phi) is 7.44. The van der Waals surface area contributed by atoms with Crippen LogP contribution in [0.15, 0.2) is 0 Å². The molecule has 1 radical (unpaired) electrons. The topological polar surface area (TPSA) is 37.3 Å². The van der Waals surface area contributed by atoms with Crippen LogP contribution in [0.3, 0.4) is 0 Å². The third-order valence-electron chi connectivity index (χ3n) is 1.29. The smallest absolute Gasteiger partial charge is 0.189 e. The van der Waals surface area contributed by atoms with E-state index in [-0.39, 0.29) is 0 Å². The maximum Gasteiger partial charge on any atom is 0.189 e. The molecule has 0 rings (SSSR count). The fourth-order valence-corrected chi connectivity index (χ4v) is 1.25. The van der Waals surface area contributed by atoms with Crippen molar-refractivity contribution in [1.82, 2.24) is 0 Å². The predicted molar refractivity (Wildman–Crippen MR) is 44.5 cm³/mol. The highest BCUT2D eigenvalue weighted by atomic mass is 31.1. The van der Waals surface area contributed by atoms with E-state index in [0.29, 0.717) is 6.16 Å². The summed E-state index contributed by atoms with van der Waals surface area (Å²) >= 11 is 0. The van der Waals surface area contributed by atoms with Crippen molar-refractivity contribution in [2.45, 2.75) is 32.6 Å². The highest BCUT2D eigenvalue weighted by molar-refractivity contribution is 7.37. The summed E-state index contributed by atoms with van der Waals surface area (Å²) in [4.78, 5) is 8.44. The molecule has 3 heteroatoms. The molecular formula is C7H16O2P. The Balaban J connectivity index is 2.84. The largest absolute Gasteiger partial charge is 0.346 e. The van der Waals surface area contributed by atoms with Gasteiger partial charge in [0.05, 0.1) is 0 Å². The maximum atomic E-state index is 10.2. The monoisotopic (exact) mass is 163 g/mol. The summed E-state index contributed by atoms with van der Waals surface area (Å²) in [6.45, 7) is 2.13. The van der Waals surface area contributed by atoms with Crippen molar-refractivity contribution >= 4 is 8.03 Å². The van der Waals surface area contributed by atoms with Crippen LogP contribution in [0.25, 0.3) is 0 Å². The van der Waals surface area contributed by atoms with Crippen LogP contribution < -0.4 is 0 Å². The minimum atomic E-state index is -2.19. The van der Waals surface area contributed by atoms with Gasteiger partial charge >= 0.3 is 0 Å². The van der Waals surface area contributed by atoms with Crippen molar-refractivity contribution in [3.8, 4) is 0 Å². The maximum absolute atomic E-state index is 10.2. The standard InChI is InChI=1S/C7H16O2P/c1-2-3-4-5-6-7-10(8)9/h4,10H,2-3,5-7H2,1H3,(H,8,9). The lowest BCUT2D eigenvalue weighted by Gasteiger charge is -1.95. The van der Waals surface area contributed by atoms with Gasteiger partial charge in [0.1, 0.15) is 0 Å². The van der Waals surface area contributed by atoms with Gasteiger partial charge in [-0.25, -0.2) is 0 Å². The molecule has 1 atom stereocenters. The Bertz CT molecular complexity index is 93.6. The van der Waals surface area contributed by atoms with Gasteiger partial charge in [-0.05, 0) is 19.3 Å². The van der Waals surface area contributed by atoms with Gasteiger partial charge in [0.25, 0.3) is 0 Å². The second-order valence-corrected chi connectivity index (χ2v) is 3.65. The summed E-state index contributed by atoms with van der Waals surface area (Å²) < 4.78 is 10.2. The molecule has 0 aromatic carbocycles. The molecule has 0 aromatic heterocycles. The van der Waals surface area contributed by atoms with E-state index in [1.165, 1.54) is 6.42 Å². The Labute approximate surface area is 63.5 Å². The Morgan fingerprint density at radius 2 is 2.20 bits per heavy atom. The van der Waals surface area contributed by atoms with Gasteiger partial charge < -0.3 is 4.89 Å². The van der Waals surface area contributed by atoms with E-state index >= 15 is 0 Å². The third kappa shape index (κ3) is 8.19. The first-order chi connectivity index (χ1) is 4.77. The summed E-state index contributed by atoms with van der Waals surface area (Å²) in [5, 5.41) is 0. The zero-order valence-corrected chi connectivity index (χ0v) is 7.47. The molecule has 0 bridgehead atoms. The predicted octanol–water partition coefficient (Wildman–Crippen LogP) is 2.24. The first kappa shape index (κ1) is 10.2. The second-order valence-electron chi connectivity index (χ2n) is 2.36. The summed E-state index contributed by atoms with van der Waals surface area (Å²) in [6.07, 6.45) is 6.84. The zero-order valence-electron chi connectivity index (χ0n) is 6.47. The highest BCUT2D eigenvalue weighted by Gasteiger charge is 1.92. The molecule has 0 aliphatic heterocycles. The average molecular weight is 163 g/mol. The van der Waals surface area contributed by atoms with Gasteiger partial charge in [0.15, 0.2) is 8.03 Å². The van der Waals surface area contributed by atoms with Crippen LogP contribution in [0.1, 0.15) is 32.6 Å². The molecule has 0 heterocycles. The van der Waals surface area contributed by atoms with Gasteiger partial charge in [-0.3, -0.25) is 4.57 Å². The SMILES string of the molecule is CCC[CH]CCC[PH](=O)O. The van der Waals surface area contributed by atoms with Crippen molar-refractivity contribution in [2.75, 3.05) is 6.16 Å². The molecule has 0 aliphatic rings. The summed E-state index contributed by atoms with van der Waals surface area (Å²) in [5.74, 6) is 0. The lowest BCUT2D eigenvalue weighted by molar-refractivity contribution is 0.501. The van der Waals surface area contributed by atoms with Crippen LogP contribution in [-0.4, -0.2) is 11.1 Å². The Hall–Kier alpha value is 0.190. The van der Waals surface area contributed by atoms with Crippen molar-refractivity contribution in [3.05, 3.63) is 6.42 Å². The van der Waals surface area contributed by atoms with Gasteiger partial charge in [0, 0.05) is 6.16 Å². The van der Waals surface area contributed by atoms with Crippen molar-refractivity contribution < 1.29 is 9.46 Å². The minimum Gasteiger partial charge on any atom is -0.346 e. The number of rotatable bonds is 6. The molecule has 0 amide bonds. The molecule has 10 heavy (non-hydrogen) atoms. The van der Waals surface area contributed by atoms with Crippen LogP contribution in [0, 0.1) is 6.42 Å². The summed E-state index contributed by atoms with van der Waals surface area (Å²) in [7, 11) is -2.19. The fourth-order valence-electron chi connectivity index (χ4n) is 0.746. The molecule has 2 nitrogen and oxygen atoms in total. The van der Waals surface area contributed by atoms with E-state index in [9.17, 15) is 4.57 Å². The van der Waals surface area contributed by atoms with E-state index in [0.717, 1.165) is 19.3 Å². The first-order valence-corrected chi connectivity index (χ1v) is 5.37. The quantitative estimate of drug-likeness (QED) is 0.481. The van der Waals surface area contributed by atoms with E-state index in [4.69, 9.17) is 4.89 Å². The fraction of sp³-hybridized carbons (Fsp3) is 0.857. The molecule has 0 spiro atoms. The summed E-state index contributed by atoms with van der Waals surface area (Å²) in [6, 6.07) is 0. The van der Waals surface area contributed by atoms with E-state index in [1.54, 1.807) is 0 Å². The van der Waals surface area contributed by atoms with E-state index in [1.807, 2.05) is 0 Å². The average Bonchev–Trinajstić information content (AvgIpc) is 1.87. The molecule has 0 saturated heterocycles. The molecule has 0 fully saturated rings. The molecule has 0 aromatic rings. The second kappa shape index (κ2) is 7.30. The molecule has 1 unspecified atom stereocenters. The lowest BCUT2D eigenvalue weighted by atomic mass is 10.2. The van der Waals surface area contributed by atoms with Crippen LogP contribution >= 0.6 is 8.03 Å². The third-order valence-corrected chi connectivity index (χ3v) is 2.07. The zero-order chi connectivity index (χ0) is 7.82. The minimum absolute atomic E-state index is 0.491. The van der Waals surface area contributed by atoms with E-state index in [2.05, 4.69) is 13.3 Å². The van der Waals surface area contributed by atoms with Crippen LogP contribution in [0.4, 0.5) is 0 Å². The van der Waals surface area contributed by atoms with Gasteiger partial charge in [0.2, 0.25) is 0 Å². The van der Waals surface area contributed by atoms with Crippen LogP contribution in [0.2, 0.25) is 0 Å². The number of hydrogen-bond donors (Lipinski definition) is 1. The van der Waals surface area contributed by atoms with Crippen molar-refractivity contribution in [2.24, 2.45) is 0 Å². The summed E-state index contributed by atoms with van der Waals surface area (Å²) in [5.41, 5.74) is 0. The molecule has 61 valence electrons. The first-order valence-electron chi connectivity index (χ1n) is 3.80. The Morgan fingerprint density at radius 3 is 2.70 bits per heavy atom. The van der Waals surface area contributed by atoms with Gasteiger partial charge in [-0.1, -0.05) is 19.8 Å². The lowest BCUT2D eigenvalue weighted by Crippen LogP contribution is -1.81.